The van der Waals surface area contributed by atoms with Gasteiger partial charge in [-0.3, -0.25) is 9.59 Å². The van der Waals surface area contributed by atoms with Crippen molar-refractivity contribution in [3.8, 4) is 0 Å². The molecular formula is C17H18N2O2. The number of hydrogen-bond acceptors (Lipinski definition) is 2. The molecule has 0 spiro atoms. The number of nitrogens with zero attached hydrogens (tertiary/aromatic N) is 2. The van der Waals surface area contributed by atoms with E-state index in [0.717, 1.165) is 11.4 Å². The largest absolute Gasteiger partial charge is 0.316 e. The molecular weight excluding hydrogens is 264 g/mol. The zero-order chi connectivity index (χ0) is 15.4. The van der Waals surface area contributed by atoms with Crippen molar-refractivity contribution < 1.29 is 9.59 Å². The summed E-state index contributed by atoms with van der Waals surface area (Å²) in [6, 6.07) is 16.4. The summed E-state index contributed by atoms with van der Waals surface area (Å²) in [7, 11) is 3.45. The normalized spacial score (nSPS) is 10.0. The van der Waals surface area contributed by atoms with E-state index in [9.17, 15) is 9.59 Å². The topological polar surface area (TPSA) is 40.6 Å². The van der Waals surface area contributed by atoms with E-state index < -0.39 is 0 Å². The second kappa shape index (κ2) is 6.22. The van der Waals surface area contributed by atoms with Crippen LogP contribution in [0, 0.1) is 0 Å². The van der Waals surface area contributed by atoms with E-state index in [2.05, 4.69) is 0 Å². The fourth-order valence-electron chi connectivity index (χ4n) is 1.97. The Morgan fingerprint density at radius 1 is 0.762 bits per heavy atom. The summed E-state index contributed by atoms with van der Waals surface area (Å²) in [5.74, 6) is -0.0975. The Morgan fingerprint density at radius 2 is 1.24 bits per heavy atom. The van der Waals surface area contributed by atoms with E-state index in [-0.39, 0.29) is 11.8 Å². The highest BCUT2D eigenvalue weighted by molar-refractivity contribution is 6.05. The smallest absolute Gasteiger partial charge is 0.258 e. The number of rotatable bonds is 3. The summed E-state index contributed by atoms with van der Waals surface area (Å²) in [5, 5.41) is 0. The molecule has 21 heavy (non-hydrogen) atoms. The molecule has 0 atom stereocenters. The molecule has 108 valence electrons. The summed E-state index contributed by atoms with van der Waals surface area (Å²) >= 11 is 0. The highest BCUT2D eigenvalue weighted by Crippen LogP contribution is 2.20. The van der Waals surface area contributed by atoms with Crippen LogP contribution in [0.1, 0.15) is 17.3 Å². The quantitative estimate of drug-likeness (QED) is 0.868. The van der Waals surface area contributed by atoms with Crippen LogP contribution >= 0.6 is 0 Å². The first-order valence-electron chi connectivity index (χ1n) is 6.68. The van der Waals surface area contributed by atoms with Crippen molar-refractivity contribution in [2.75, 3.05) is 23.9 Å². The minimum atomic E-state index is -0.0664. The third-order valence-electron chi connectivity index (χ3n) is 3.42. The Labute approximate surface area is 124 Å². The van der Waals surface area contributed by atoms with Crippen LogP contribution in [0.15, 0.2) is 54.6 Å². The fourth-order valence-corrected chi connectivity index (χ4v) is 1.97. The van der Waals surface area contributed by atoms with Crippen LogP contribution < -0.4 is 9.80 Å². The number of anilines is 2. The maximum atomic E-state index is 12.3. The molecule has 2 aromatic rings. The zero-order valence-corrected chi connectivity index (χ0v) is 12.4. The molecule has 0 heterocycles. The summed E-state index contributed by atoms with van der Waals surface area (Å²) in [4.78, 5) is 26.8. The Hall–Kier alpha value is -2.62. The van der Waals surface area contributed by atoms with Crippen molar-refractivity contribution >= 4 is 23.2 Å². The number of carbonyl (C=O) groups is 2. The Kier molecular flexibility index (Phi) is 4.38. The summed E-state index contributed by atoms with van der Waals surface area (Å²) in [5.41, 5.74) is 2.22. The molecule has 4 heteroatoms. The molecule has 2 aromatic carbocycles. The Morgan fingerprint density at radius 3 is 1.71 bits per heavy atom. The molecule has 0 bridgehead atoms. The van der Waals surface area contributed by atoms with E-state index in [1.54, 1.807) is 36.0 Å². The van der Waals surface area contributed by atoms with Crippen LogP contribution in [0.5, 0.6) is 0 Å². The van der Waals surface area contributed by atoms with E-state index in [1.807, 2.05) is 42.5 Å². The lowest BCUT2D eigenvalue weighted by Crippen LogP contribution is -2.26. The van der Waals surface area contributed by atoms with Crippen molar-refractivity contribution in [3.05, 3.63) is 60.2 Å². The van der Waals surface area contributed by atoms with Gasteiger partial charge in [0, 0.05) is 38.0 Å². The molecule has 0 aromatic heterocycles. The van der Waals surface area contributed by atoms with Gasteiger partial charge in [-0.25, -0.2) is 0 Å². The highest BCUT2D eigenvalue weighted by atomic mass is 16.2. The minimum Gasteiger partial charge on any atom is -0.316 e. The van der Waals surface area contributed by atoms with Crippen LogP contribution in [0.3, 0.4) is 0 Å². The minimum absolute atomic E-state index is 0.0310. The summed E-state index contributed by atoms with van der Waals surface area (Å²) < 4.78 is 0. The predicted octanol–water partition coefficient (Wildman–Crippen LogP) is 2.95. The van der Waals surface area contributed by atoms with Crippen LogP contribution in [0.25, 0.3) is 0 Å². The molecule has 0 aliphatic carbocycles. The first-order valence-corrected chi connectivity index (χ1v) is 6.68. The van der Waals surface area contributed by atoms with Gasteiger partial charge in [0.1, 0.15) is 0 Å². The maximum Gasteiger partial charge on any atom is 0.258 e. The van der Waals surface area contributed by atoms with Crippen molar-refractivity contribution in [3.63, 3.8) is 0 Å². The van der Waals surface area contributed by atoms with Crippen LogP contribution in [0.2, 0.25) is 0 Å². The zero-order valence-electron chi connectivity index (χ0n) is 12.4. The molecule has 0 N–H and O–H groups in total. The molecule has 2 rings (SSSR count). The van der Waals surface area contributed by atoms with Gasteiger partial charge in [0.25, 0.3) is 5.91 Å². The molecule has 0 fully saturated rings. The average Bonchev–Trinajstić information content (AvgIpc) is 2.53. The van der Waals surface area contributed by atoms with E-state index in [4.69, 9.17) is 0 Å². The second-order valence-electron chi connectivity index (χ2n) is 4.82. The van der Waals surface area contributed by atoms with Gasteiger partial charge >= 0.3 is 0 Å². The van der Waals surface area contributed by atoms with E-state index >= 15 is 0 Å². The Balaban J connectivity index is 2.19. The number of carbonyl (C=O) groups excluding carboxylic acids is 2. The summed E-state index contributed by atoms with van der Waals surface area (Å²) in [6.07, 6.45) is 0. The Bertz CT molecular complexity index is 636. The second-order valence-corrected chi connectivity index (χ2v) is 4.82. The monoisotopic (exact) mass is 282 g/mol. The van der Waals surface area contributed by atoms with E-state index in [1.165, 1.54) is 6.92 Å². The lowest BCUT2D eigenvalue weighted by Gasteiger charge is -2.20. The highest BCUT2D eigenvalue weighted by Gasteiger charge is 2.13. The number of hydrogen-bond donors (Lipinski definition) is 0. The van der Waals surface area contributed by atoms with Crippen molar-refractivity contribution in [1.82, 2.24) is 0 Å². The maximum absolute atomic E-state index is 12.3. The van der Waals surface area contributed by atoms with Crippen molar-refractivity contribution in [2.45, 2.75) is 6.92 Å². The predicted molar refractivity (Wildman–Crippen MR) is 84.7 cm³/mol. The van der Waals surface area contributed by atoms with Gasteiger partial charge in [-0.15, -0.1) is 0 Å². The third kappa shape index (κ3) is 3.28. The molecule has 0 aliphatic heterocycles. The van der Waals surface area contributed by atoms with E-state index in [0.29, 0.717) is 5.56 Å². The van der Waals surface area contributed by atoms with Crippen molar-refractivity contribution in [1.29, 1.82) is 0 Å². The number of amides is 2. The molecule has 0 radical (unpaired) electrons. The first-order chi connectivity index (χ1) is 10.0. The molecule has 0 unspecified atom stereocenters. The van der Waals surface area contributed by atoms with Gasteiger partial charge in [0.05, 0.1) is 0 Å². The number of benzene rings is 2. The lowest BCUT2D eigenvalue weighted by atomic mass is 10.2. The first kappa shape index (κ1) is 14.8. The molecule has 0 saturated carbocycles. The van der Waals surface area contributed by atoms with Gasteiger partial charge in [-0.05, 0) is 36.4 Å². The fraction of sp³-hybridized carbons (Fsp3) is 0.176. The van der Waals surface area contributed by atoms with Gasteiger partial charge < -0.3 is 9.80 Å². The van der Waals surface area contributed by atoms with Crippen LogP contribution in [-0.2, 0) is 4.79 Å². The van der Waals surface area contributed by atoms with Gasteiger partial charge in [0.15, 0.2) is 0 Å². The molecule has 0 saturated heterocycles. The molecule has 0 aliphatic rings. The van der Waals surface area contributed by atoms with Crippen molar-refractivity contribution in [2.24, 2.45) is 0 Å². The standard InChI is InChI=1S/C17H18N2O2/c1-13(20)18(2)15-9-11-16(12-10-15)19(3)17(21)14-7-5-4-6-8-14/h4-12H,1-3H3. The average molecular weight is 282 g/mol. The van der Waals surface area contributed by atoms with Gasteiger partial charge in [-0.1, -0.05) is 18.2 Å². The lowest BCUT2D eigenvalue weighted by molar-refractivity contribution is -0.116. The van der Waals surface area contributed by atoms with Crippen LogP contribution in [-0.4, -0.2) is 25.9 Å². The van der Waals surface area contributed by atoms with Gasteiger partial charge in [-0.2, -0.15) is 0 Å². The molecule has 4 nitrogen and oxygen atoms in total. The summed E-state index contributed by atoms with van der Waals surface area (Å²) in [6.45, 7) is 1.51. The molecule has 2 amide bonds. The SMILES string of the molecule is CC(=O)N(C)c1ccc(N(C)C(=O)c2ccccc2)cc1. The third-order valence-corrected chi connectivity index (χ3v) is 3.42. The van der Waals surface area contributed by atoms with Crippen LogP contribution in [0.4, 0.5) is 11.4 Å². The van der Waals surface area contributed by atoms with Gasteiger partial charge in [0.2, 0.25) is 5.91 Å².